The van der Waals surface area contributed by atoms with Gasteiger partial charge in [0.1, 0.15) is 11.3 Å². The fraction of sp³-hybridized carbons (Fsp3) is 0.154. The van der Waals surface area contributed by atoms with E-state index in [1.807, 2.05) is 0 Å². The Bertz CT molecular complexity index is 1700. The number of hydrogen-bond donors (Lipinski definition) is 3. The summed E-state index contributed by atoms with van der Waals surface area (Å²) in [5.41, 5.74) is -1.68. The zero-order chi connectivity index (χ0) is 27.1. The summed E-state index contributed by atoms with van der Waals surface area (Å²) in [5.74, 6) is 0.758. The van der Waals surface area contributed by atoms with Crippen LogP contribution in [-0.4, -0.2) is 32.7 Å². The van der Waals surface area contributed by atoms with Crippen LogP contribution in [0.3, 0.4) is 0 Å². The van der Waals surface area contributed by atoms with Gasteiger partial charge in [-0.3, -0.25) is 4.79 Å². The van der Waals surface area contributed by atoms with E-state index < -0.39 is 33.9 Å². The van der Waals surface area contributed by atoms with Gasteiger partial charge in [0.15, 0.2) is 11.4 Å². The zero-order valence-electron chi connectivity index (χ0n) is 19.7. The Labute approximate surface area is 218 Å². The highest BCUT2D eigenvalue weighted by Gasteiger charge is 2.40. The number of pyridine rings is 1. The highest BCUT2D eigenvalue weighted by Crippen LogP contribution is 2.39. The molecule has 0 spiro atoms. The Morgan fingerprint density at radius 2 is 1.87 bits per heavy atom. The highest BCUT2D eigenvalue weighted by atomic mass is 35.5. The third-order valence-electron chi connectivity index (χ3n) is 5.93. The van der Waals surface area contributed by atoms with Crippen LogP contribution < -0.4 is 20.9 Å². The minimum atomic E-state index is -4.65. The van der Waals surface area contributed by atoms with Gasteiger partial charge in [-0.25, -0.2) is 14.8 Å². The number of halogens is 4. The highest BCUT2D eigenvalue weighted by molar-refractivity contribution is 6.32. The Morgan fingerprint density at radius 1 is 1.11 bits per heavy atom. The molecule has 8 nitrogen and oxygen atoms in total. The van der Waals surface area contributed by atoms with Gasteiger partial charge in [0.05, 0.1) is 23.0 Å². The van der Waals surface area contributed by atoms with E-state index >= 15 is 0 Å². The van der Waals surface area contributed by atoms with E-state index in [-0.39, 0.29) is 6.42 Å². The number of carbonyl (C=O) groups is 1. The molecule has 1 unspecified atom stereocenters. The number of nitrogens with zero attached hydrogens (tertiary/aromatic N) is 2. The number of anilines is 1. The summed E-state index contributed by atoms with van der Waals surface area (Å²) in [4.78, 5) is 35.4. The lowest BCUT2D eigenvalue weighted by Crippen LogP contribution is -2.47. The molecule has 0 saturated heterocycles. The van der Waals surface area contributed by atoms with Crippen molar-refractivity contribution in [2.45, 2.75) is 25.1 Å². The maximum absolute atomic E-state index is 13.3. The van der Waals surface area contributed by atoms with Crippen molar-refractivity contribution < 1.29 is 22.7 Å². The molecule has 4 aromatic rings. The van der Waals surface area contributed by atoms with Gasteiger partial charge in [-0.1, -0.05) is 41.9 Å². The largest absolute Gasteiger partial charge is 0.454 e. The lowest BCUT2D eigenvalue weighted by atomic mass is 9.89. The van der Waals surface area contributed by atoms with Crippen LogP contribution in [0.1, 0.15) is 13.3 Å². The Balaban J connectivity index is 1.42. The number of amides is 2. The number of aromatic nitrogens is 3. The number of fused-ring (bicyclic) bond motifs is 2. The van der Waals surface area contributed by atoms with Crippen LogP contribution in [0.5, 0.6) is 11.5 Å². The number of carbonyl (C=O) groups excluding carboxylic acids is 1. The molecule has 0 saturated carbocycles. The molecule has 38 heavy (non-hydrogen) atoms. The standard InChI is InChI=1S/C26H19ClF3N5O3/c1-25(10-8-17(27)16(12-25)26(28,29)30)35-24(37)33-18-6-7-19(15-5-3-2-4-14(15)18)38-20-9-11-31-23-22(20)34-21(36)13-32-23/h2-9,11-13H,10H2,1H3,(H,34,36)(H2,33,35,37). The van der Waals surface area contributed by atoms with Crippen molar-refractivity contribution >= 4 is 45.3 Å². The maximum atomic E-state index is 13.3. The first-order valence-electron chi connectivity index (χ1n) is 11.3. The van der Waals surface area contributed by atoms with E-state index in [4.69, 9.17) is 16.3 Å². The number of urea groups is 1. The van der Waals surface area contributed by atoms with E-state index in [0.717, 1.165) is 12.3 Å². The van der Waals surface area contributed by atoms with Gasteiger partial charge in [-0.15, -0.1) is 0 Å². The van der Waals surface area contributed by atoms with Crippen LogP contribution in [-0.2, 0) is 0 Å². The molecule has 0 aliphatic heterocycles. The summed E-state index contributed by atoms with van der Waals surface area (Å²) in [5, 5.41) is 6.17. The number of benzene rings is 2. The fourth-order valence-corrected chi connectivity index (χ4v) is 4.41. The SMILES string of the molecule is CC1(NC(=O)Nc2ccc(Oc3ccnc4ncc(=O)[nH]c34)c3ccccc23)C=C(C(F)(F)F)C(Cl)=CC1. The van der Waals surface area contributed by atoms with Crippen LogP contribution in [0.25, 0.3) is 21.9 Å². The molecule has 1 atom stereocenters. The number of rotatable bonds is 4. The molecule has 3 N–H and O–H groups in total. The summed E-state index contributed by atoms with van der Waals surface area (Å²) in [6.45, 7) is 1.48. The van der Waals surface area contributed by atoms with Crippen LogP contribution in [0.4, 0.5) is 23.7 Å². The smallest absolute Gasteiger partial charge is 0.417 e. The minimum Gasteiger partial charge on any atom is -0.454 e. The molecule has 0 fully saturated rings. The van der Waals surface area contributed by atoms with Gasteiger partial charge < -0.3 is 20.4 Å². The summed E-state index contributed by atoms with van der Waals surface area (Å²) >= 11 is 5.75. The fourth-order valence-electron chi connectivity index (χ4n) is 4.17. The van der Waals surface area contributed by atoms with E-state index in [2.05, 4.69) is 25.6 Å². The molecule has 2 aromatic carbocycles. The molecule has 194 valence electrons. The molecule has 1 aliphatic rings. The van der Waals surface area contributed by atoms with Gasteiger partial charge in [0.2, 0.25) is 0 Å². The number of H-pyrrole nitrogens is 1. The topological polar surface area (TPSA) is 109 Å². The molecule has 0 radical (unpaired) electrons. The van der Waals surface area contributed by atoms with Crippen molar-refractivity contribution in [3.05, 3.63) is 88.0 Å². The van der Waals surface area contributed by atoms with Gasteiger partial charge in [-0.2, -0.15) is 13.2 Å². The van der Waals surface area contributed by atoms with Crippen LogP contribution in [0, 0.1) is 0 Å². The Morgan fingerprint density at radius 3 is 2.63 bits per heavy atom. The van der Waals surface area contributed by atoms with Crippen molar-refractivity contribution in [3.63, 3.8) is 0 Å². The third-order valence-corrected chi connectivity index (χ3v) is 6.29. The lowest BCUT2D eigenvalue weighted by molar-refractivity contribution is -0.0895. The average molecular weight is 542 g/mol. The number of aromatic amines is 1. The van der Waals surface area contributed by atoms with Crippen LogP contribution in [0.15, 0.2) is 82.4 Å². The molecule has 1 aliphatic carbocycles. The molecular weight excluding hydrogens is 523 g/mol. The third kappa shape index (κ3) is 5.05. The van der Waals surface area contributed by atoms with Crippen LogP contribution in [0.2, 0.25) is 0 Å². The normalized spacial score (nSPS) is 17.6. The first kappa shape index (κ1) is 25.3. The van der Waals surface area contributed by atoms with E-state index in [1.165, 1.54) is 19.2 Å². The van der Waals surface area contributed by atoms with Gasteiger partial charge >= 0.3 is 12.2 Å². The van der Waals surface area contributed by atoms with Crippen molar-refractivity contribution in [1.29, 1.82) is 0 Å². The second-order valence-electron chi connectivity index (χ2n) is 8.82. The predicted octanol–water partition coefficient (Wildman–Crippen LogP) is 6.16. The van der Waals surface area contributed by atoms with Gasteiger partial charge in [-0.05, 0) is 31.6 Å². The second-order valence-corrected chi connectivity index (χ2v) is 9.23. The van der Waals surface area contributed by atoms with E-state index in [9.17, 15) is 22.8 Å². The van der Waals surface area contributed by atoms with E-state index in [0.29, 0.717) is 39.1 Å². The quantitative estimate of drug-likeness (QED) is 0.287. The monoisotopic (exact) mass is 541 g/mol. The summed E-state index contributed by atoms with van der Waals surface area (Å²) in [6.07, 6.45) is 0.211. The zero-order valence-corrected chi connectivity index (χ0v) is 20.4. The summed E-state index contributed by atoms with van der Waals surface area (Å²) in [6, 6.07) is 11.2. The Kier molecular flexibility index (Phi) is 6.31. The van der Waals surface area contributed by atoms with Crippen molar-refractivity contribution in [2.24, 2.45) is 0 Å². The summed E-state index contributed by atoms with van der Waals surface area (Å²) < 4.78 is 46.1. The summed E-state index contributed by atoms with van der Waals surface area (Å²) in [7, 11) is 0. The average Bonchev–Trinajstić information content (AvgIpc) is 2.87. The number of alkyl halides is 3. The van der Waals surface area contributed by atoms with E-state index in [1.54, 1.807) is 42.5 Å². The molecule has 5 rings (SSSR count). The lowest BCUT2D eigenvalue weighted by Gasteiger charge is -2.31. The molecule has 12 heteroatoms. The van der Waals surface area contributed by atoms with Crippen molar-refractivity contribution in [3.8, 4) is 11.5 Å². The molecular formula is C26H19ClF3N5O3. The van der Waals surface area contributed by atoms with Crippen molar-refractivity contribution in [2.75, 3.05) is 5.32 Å². The van der Waals surface area contributed by atoms with Gasteiger partial charge in [0.25, 0.3) is 5.56 Å². The van der Waals surface area contributed by atoms with Crippen molar-refractivity contribution in [1.82, 2.24) is 20.3 Å². The molecule has 0 bridgehead atoms. The second kappa shape index (κ2) is 9.49. The number of allylic oxidation sites excluding steroid dienone is 2. The first-order chi connectivity index (χ1) is 18.0. The van der Waals surface area contributed by atoms with Crippen LogP contribution >= 0.6 is 11.6 Å². The molecule has 2 heterocycles. The molecule has 2 amide bonds. The predicted molar refractivity (Wildman–Crippen MR) is 137 cm³/mol. The maximum Gasteiger partial charge on any atom is 0.417 e. The number of ether oxygens (including phenoxy) is 1. The molecule has 2 aromatic heterocycles. The number of hydrogen-bond acceptors (Lipinski definition) is 5. The number of nitrogens with one attached hydrogen (secondary N) is 3. The minimum absolute atomic E-state index is 0.0865. The van der Waals surface area contributed by atoms with Gasteiger partial charge in [0, 0.05) is 28.1 Å². The first-order valence-corrected chi connectivity index (χ1v) is 11.7. The Hall–Kier alpha value is -4.38.